The molecule has 1 radical (unpaired) electrons. The third-order valence-electron chi connectivity index (χ3n) is 0.766. The zero-order valence-electron chi connectivity index (χ0n) is 5.85. The highest BCUT2D eigenvalue weighted by atomic mass is 27.2. The summed E-state index contributed by atoms with van der Waals surface area (Å²) in [6, 6.07) is 0. The van der Waals surface area contributed by atoms with Gasteiger partial charge in [-0.2, -0.15) is 0 Å². The number of rotatable bonds is 4. The molecule has 0 rings (SSSR count). The van der Waals surface area contributed by atoms with Gasteiger partial charge in [-0.25, -0.2) is 11.6 Å². The summed E-state index contributed by atoms with van der Waals surface area (Å²) in [6.45, 7) is 1.67. The van der Waals surface area contributed by atoms with Crippen molar-refractivity contribution < 1.29 is 8.53 Å². The predicted molar refractivity (Wildman–Crippen MR) is 36.4 cm³/mol. The van der Waals surface area contributed by atoms with Crippen LogP contribution in [0.4, 0.5) is 0 Å². The molecule has 0 unspecified atom stereocenters. The molecule has 0 amide bonds. The van der Waals surface area contributed by atoms with E-state index < -0.39 is 14.5 Å². The summed E-state index contributed by atoms with van der Waals surface area (Å²) < 4.78 is 9.23. The number of hydrogen-bond donors (Lipinski definition) is 0. The van der Waals surface area contributed by atoms with Crippen LogP contribution in [0.25, 0.3) is 0 Å². The van der Waals surface area contributed by atoms with E-state index in [-0.39, 0.29) is 0 Å². The summed E-state index contributed by atoms with van der Waals surface area (Å²) in [5, 5.41) is 0. The van der Waals surface area contributed by atoms with Crippen molar-refractivity contribution in [3.8, 4) is 0 Å². The van der Waals surface area contributed by atoms with Crippen LogP contribution in [0.5, 0.6) is 0 Å². The molecule has 0 atom stereocenters. The molecule has 0 spiro atoms. The monoisotopic (exact) mass is 133 g/mol. The molecule has 8 heavy (non-hydrogen) atoms. The van der Waals surface area contributed by atoms with Gasteiger partial charge in [-0.1, -0.05) is 0 Å². The van der Waals surface area contributed by atoms with Crippen LogP contribution in [0.2, 0.25) is 11.6 Å². The lowest BCUT2D eigenvalue weighted by molar-refractivity contribution is -0.00436. The first-order valence-electron chi connectivity index (χ1n) is 2.94. The van der Waals surface area contributed by atoms with Crippen LogP contribution in [0.1, 0.15) is 0 Å². The highest BCUT2D eigenvalue weighted by Gasteiger charge is 1.85. The van der Waals surface area contributed by atoms with Gasteiger partial charge in [0.2, 0.25) is 0 Å². The van der Waals surface area contributed by atoms with Gasteiger partial charge < -0.3 is 8.53 Å². The van der Waals surface area contributed by atoms with Crippen LogP contribution < -0.4 is 0 Å². The van der Waals surface area contributed by atoms with E-state index in [4.69, 9.17) is 3.79 Å². The smallest absolute Gasteiger partial charge is 0.162 e. The number of ether oxygens (including phenoxy) is 1. The summed E-state index contributed by atoms with van der Waals surface area (Å²) in [4.78, 5) is 0. The van der Waals surface area contributed by atoms with E-state index in [0.717, 1.165) is 13.2 Å². The van der Waals surface area contributed by atoms with Crippen LogP contribution in [0.15, 0.2) is 0 Å². The van der Waals surface area contributed by atoms with Crippen molar-refractivity contribution in [3.63, 3.8) is 0 Å². The second-order valence-electron chi connectivity index (χ2n) is 1.96. The van der Waals surface area contributed by atoms with Gasteiger partial charge >= 0.3 is 0 Å². The van der Waals surface area contributed by atoms with Gasteiger partial charge in [-0.3, -0.25) is 0 Å². The Bertz CT molecular complexity index is 47.7. The zero-order chi connectivity index (χ0) is 6.41. The summed E-state index contributed by atoms with van der Waals surface area (Å²) >= 11 is -0.762. The first-order valence-corrected chi connectivity index (χ1v) is 5.72. The predicted octanol–water partition coefficient (Wildman–Crippen LogP) is 0.412. The number of aliphatic hydroxyl groups is 2. The van der Waals surface area contributed by atoms with Gasteiger partial charge in [0.1, 0.15) is 21.6 Å². The topological polar surface area (TPSA) is 22.0 Å². The van der Waals surface area contributed by atoms with Crippen LogP contribution in [0, 0.1) is 0 Å². The maximum Gasteiger partial charge on any atom is 0.162 e. The minimum atomic E-state index is -0.762. The molecule has 0 aromatic heterocycles. The molecule has 0 aromatic rings. The fourth-order valence-corrected chi connectivity index (χ4v) is 0.957. The van der Waals surface area contributed by atoms with Gasteiger partial charge in [-0.05, 0) is 0 Å². The average molecular weight is 133 g/mol. The van der Waals surface area contributed by atoms with E-state index in [1.807, 2.05) is 7.11 Å². The average Bonchev–Trinajstić information content (AvgIpc) is 1.66. The van der Waals surface area contributed by atoms with Crippen LogP contribution in [0.3, 0.4) is 0 Å². The van der Waals surface area contributed by atoms with E-state index in [1.165, 1.54) is 0 Å². The SMILES string of the molecule is C[OH+]CC[O][Al-]([CH3])[CH3]. The van der Waals surface area contributed by atoms with Crippen LogP contribution >= 0.6 is 0 Å². The maximum absolute atomic E-state index is 5.33. The van der Waals surface area contributed by atoms with Crippen molar-refractivity contribution >= 4 is 14.5 Å². The van der Waals surface area contributed by atoms with E-state index >= 15 is 0 Å². The summed E-state index contributed by atoms with van der Waals surface area (Å²) in [5.41, 5.74) is 0. The van der Waals surface area contributed by atoms with Crippen molar-refractivity contribution in [1.82, 2.24) is 0 Å². The Morgan fingerprint density at radius 1 is 1.50 bits per heavy atom. The Kier molecular flexibility index (Phi) is 5.90. The van der Waals surface area contributed by atoms with E-state index in [1.54, 1.807) is 0 Å². The first-order chi connectivity index (χ1) is 3.77. The molecule has 3 heteroatoms. The lowest BCUT2D eigenvalue weighted by Gasteiger charge is -2.14. The van der Waals surface area contributed by atoms with Crippen LogP contribution in [-0.4, -0.2) is 39.5 Å². The van der Waals surface area contributed by atoms with Gasteiger partial charge in [-0.15, -0.1) is 0 Å². The molecule has 0 heterocycles. The maximum atomic E-state index is 5.33. The van der Waals surface area contributed by atoms with E-state index in [9.17, 15) is 0 Å². The number of hydrogen-bond acceptors (Lipinski definition) is 1. The van der Waals surface area contributed by atoms with Gasteiger partial charge in [0, 0.05) is 0 Å². The third-order valence-corrected chi connectivity index (χ3v) is 1.67. The Labute approximate surface area is 55.5 Å². The molecule has 0 aliphatic carbocycles. The summed E-state index contributed by atoms with van der Waals surface area (Å²) in [7, 11) is 1.81. The third kappa shape index (κ3) is 6.45. The lowest BCUT2D eigenvalue weighted by Crippen LogP contribution is -2.13. The Morgan fingerprint density at radius 3 is 2.50 bits per heavy atom. The Morgan fingerprint density at radius 2 is 2.12 bits per heavy atom. The minimum Gasteiger partial charge on any atom is -0.673 e. The fraction of sp³-hybridized carbons (Fsp3) is 1.00. The molecular weight excluding hydrogens is 119 g/mol. The van der Waals surface area contributed by atoms with Gasteiger partial charge in [0.25, 0.3) is 0 Å². The van der Waals surface area contributed by atoms with E-state index in [2.05, 4.69) is 16.3 Å². The molecule has 0 aliphatic rings. The van der Waals surface area contributed by atoms with Gasteiger partial charge in [0.05, 0.1) is 6.61 Å². The molecule has 1 N–H and O–H groups in total. The molecular formula is C5H14AlO2. The van der Waals surface area contributed by atoms with Gasteiger partial charge in [0.15, 0.2) is 6.61 Å². The van der Waals surface area contributed by atoms with Crippen molar-refractivity contribution in [2.75, 3.05) is 20.3 Å². The van der Waals surface area contributed by atoms with Crippen molar-refractivity contribution in [2.24, 2.45) is 0 Å². The largest absolute Gasteiger partial charge is 0.673 e. The normalized spacial score (nSPS) is 10.5. The van der Waals surface area contributed by atoms with Crippen molar-refractivity contribution in [2.45, 2.75) is 11.6 Å². The van der Waals surface area contributed by atoms with Crippen molar-refractivity contribution in [3.05, 3.63) is 0 Å². The highest BCUT2D eigenvalue weighted by molar-refractivity contribution is 6.48. The molecule has 0 saturated heterocycles. The second kappa shape index (κ2) is 5.59. The Balaban J connectivity index is 2.72. The summed E-state index contributed by atoms with van der Waals surface area (Å²) in [5.74, 6) is 4.32. The second-order valence-corrected chi connectivity index (χ2v) is 4.39. The van der Waals surface area contributed by atoms with Crippen molar-refractivity contribution in [1.29, 1.82) is 0 Å². The summed E-state index contributed by atoms with van der Waals surface area (Å²) in [6.07, 6.45) is 0. The zero-order valence-corrected chi connectivity index (χ0v) is 7.00. The quantitative estimate of drug-likeness (QED) is 0.309. The molecule has 0 bridgehead atoms. The lowest BCUT2D eigenvalue weighted by atomic mass is 10.8. The first kappa shape index (κ1) is 8.45. The minimum absolute atomic E-state index is 0.762. The fourth-order valence-electron chi connectivity index (χ4n) is 0.380. The standard InChI is InChI=1S/C3H7O2.2CH3.Al/c1-5-3-2-4;;;/h2-3H2,1H3;2*1H3;/q-1;;;/p+1. The molecule has 0 aliphatic heterocycles. The highest BCUT2D eigenvalue weighted by Crippen LogP contribution is 1.80. The molecule has 0 saturated carbocycles. The molecule has 2 nitrogen and oxygen atoms in total. The Hall–Kier alpha value is 0.452. The van der Waals surface area contributed by atoms with Crippen LogP contribution in [-0.2, 0) is 3.79 Å². The van der Waals surface area contributed by atoms with E-state index in [0.29, 0.717) is 0 Å². The molecule has 49 valence electrons. The molecule has 0 fully saturated rings. The molecule has 0 aromatic carbocycles.